The Bertz CT molecular complexity index is 1090. The van der Waals surface area contributed by atoms with Crippen LogP contribution in [0.1, 0.15) is 87.6 Å². The fourth-order valence-electron chi connectivity index (χ4n) is 6.27. The first-order valence-corrected chi connectivity index (χ1v) is 13.1. The number of esters is 2. The molecule has 3 aliphatic rings. The van der Waals surface area contributed by atoms with Crippen LogP contribution >= 0.6 is 0 Å². The maximum Gasteiger partial charge on any atom is 0.347 e. The molecule has 0 bridgehead atoms. The van der Waals surface area contributed by atoms with Crippen molar-refractivity contribution in [2.45, 2.75) is 83.7 Å². The third kappa shape index (κ3) is 4.12. The van der Waals surface area contributed by atoms with Crippen LogP contribution in [0.25, 0.3) is 10.9 Å². The first-order valence-electron chi connectivity index (χ1n) is 13.1. The van der Waals surface area contributed by atoms with Gasteiger partial charge in [-0.3, -0.25) is 0 Å². The third-order valence-electron chi connectivity index (χ3n) is 7.80. The number of aromatic nitrogens is 1. The molecule has 0 saturated heterocycles. The highest BCUT2D eigenvalue weighted by Gasteiger charge is 2.35. The second-order valence-electron chi connectivity index (χ2n) is 9.76. The van der Waals surface area contributed by atoms with E-state index in [1.54, 1.807) is 20.0 Å². The molecule has 2 aliphatic carbocycles. The zero-order valence-corrected chi connectivity index (χ0v) is 20.5. The lowest BCUT2D eigenvalue weighted by molar-refractivity contribution is -0.146. The molecule has 182 valence electrons. The number of aryl methyl sites for hydroxylation is 1. The molecule has 1 atom stereocenters. The van der Waals surface area contributed by atoms with E-state index in [2.05, 4.69) is 27.7 Å². The van der Waals surface area contributed by atoms with Crippen molar-refractivity contribution in [2.75, 3.05) is 19.8 Å². The van der Waals surface area contributed by atoms with E-state index >= 15 is 0 Å². The second kappa shape index (κ2) is 9.85. The van der Waals surface area contributed by atoms with Gasteiger partial charge in [0.2, 0.25) is 0 Å². The van der Waals surface area contributed by atoms with Gasteiger partial charge in [-0.15, -0.1) is 0 Å². The smallest absolute Gasteiger partial charge is 0.347 e. The molecule has 1 saturated carbocycles. The first kappa shape index (κ1) is 23.0. The Kier molecular flexibility index (Phi) is 6.66. The largest absolute Gasteiger partial charge is 0.462 e. The number of carbonyl (C=O) groups excluding carboxylic acids is 2. The van der Waals surface area contributed by atoms with Gasteiger partial charge in [-0.25, -0.2) is 9.59 Å². The zero-order chi connectivity index (χ0) is 23.7. The SMILES string of the molecule is CCOC(=O)C(=CN1CCn2c3c(c4cc(C5CCCCC5)ccc42)CCC[C@@H]31)C(=O)OCC. The lowest BCUT2D eigenvalue weighted by Crippen LogP contribution is -2.37. The molecule has 34 heavy (non-hydrogen) atoms. The monoisotopic (exact) mass is 464 g/mol. The highest BCUT2D eigenvalue weighted by Crippen LogP contribution is 2.44. The van der Waals surface area contributed by atoms with Crippen LogP contribution < -0.4 is 0 Å². The molecule has 2 heterocycles. The highest BCUT2D eigenvalue weighted by molar-refractivity contribution is 6.14. The Morgan fingerprint density at radius 1 is 0.971 bits per heavy atom. The molecule has 6 nitrogen and oxygen atoms in total. The van der Waals surface area contributed by atoms with E-state index in [0.717, 1.165) is 32.4 Å². The summed E-state index contributed by atoms with van der Waals surface area (Å²) >= 11 is 0. The normalized spacial score (nSPS) is 20.1. The van der Waals surface area contributed by atoms with E-state index in [4.69, 9.17) is 9.47 Å². The Balaban J connectivity index is 1.52. The van der Waals surface area contributed by atoms with Gasteiger partial charge in [-0.2, -0.15) is 0 Å². The van der Waals surface area contributed by atoms with Crippen LogP contribution in [0.2, 0.25) is 0 Å². The molecule has 0 unspecified atom stereocenters. The molecule has 0 N–H and O–H groups in total. The first-order chi connectivity index (χ1) is 16.6. The third-order valence-corrected chi connectivity index (χ3v) is 7.80. The van der Waals surface area contributed by atoms with Gasteiger partial charge in [0.25, 0.3) is 0 Å². The maximum atomic E-state index is 12.6. The molecular formula is C28H36N2O4. The lowest BCUT2D eigenvalue weighted by atomic mass is 9.83. The van der Waals surface area contributed by atoms with Crippen molar-refractivity contribution < 1.29 is 19.1 Å². The van der Waals surface area contributed by atoms with E-state index in [1.165, 1.54) is 59.8 Å². The molecule has 0 amide bonds. The highest BCUT2D eigenvalue weighted by atomic mass is 16.6. The van der Waals surface area contributed by atoms with Gasteiger partial charge in [0.1, 0.15) is 0 Å². The molecule has 1 fully saturated rings. The molecule has 2 aromatic rings. The Labute approximate surface area is 201 Å². The van der Waals surface area contributed by atoms with Crippen molar-refractivity contribution in [3.8, 4) is 0 Å². The van der Waals surface area contributed by atoms with Gasteiger partial charge in [0.15, 0.2) is 5.57 Å². The zero-order valence-electron chi connectivity index (χ0n) is 20.5. The summed E-state index contributed by atoms with van der Waals surface area (Å²) in [7, 11) is 0. The molecule has 1 aromatic carbocycles. The predicted molar refractivity (Wildman–Crippen MR) is 131 cm³/mol. The van der Waals surface area contributed by atoms with Crippen molar-refractivity contribution >= 4 is 22.8 Å². The quantitative estimate of drug-likeness (QED) is 0.248. The average molecular weight is 465 g/mol. The topological polar surface area (TPSA) is 60.8 Å². The van der Waals surface area contributed by atoms with Gasteiger partial charge < -0.3 is 18.9 Å². The molecular weight excluding hydrogens is 428 g/mol. The van der Waals surface area contributed by atoms with Crippen LogP contribution in [0.15, 0.2) is 30.0 Å². The fourth-order valence-corrected chi connectivity index (χ4v) is 6.27. The minimum Gasteiger partial charge on any atom is -0.462 e. The number of hydrogen-bond donors (Lipinski definition) is 0. The number of carbonyl (C=O) groups is 2. The number of nitrogens with zero attached hydrogens (tertiary/aromatic N) is 2. The number of rotatable bonds is 6. The van der Waals surface area contributed by atoms with E-state index in [1.807, 2.05) is 0 Å². The van der Waals surface area contributed by atoms with E-state index < -0.39 is 11.9 Å². The van der Waals surface area contributed by atoms with Crippen LogP contribution in [0.5, 0.6) is 0 Å². The van der Waals surface area contributed by atoms with E-state index in [-0.39, 0.29) is 24.8 Å². The summed E-state index contributed by atoms with van der Waals surface area (Å²) in [5.41, 5.74) is 5.63. The summed E-state index contributed by atoms with van der Waals surface area (Å²) in [6, 6.07) is 7.32. The minimum absolute atomic E-state index is 0.0139. The van der Waals surface area contributed by atoms with E-state index in [9.17, 15) is 9.59 Å². The summed E-state index contributed by atoms with van der Waals surface area (Å²) < 4.78 is 12.8. The van der Waals surface area contributed by atoms with Gasteiger partial charge in [0, 0.05) is 35.9 Å². The van der Waals surface area contributed by atoms with Crippen LogP contribution in [0.3, 0.4) is 0 Å². The second-order valence-corrected chi connectivity index (χ2v) is 9.76. The standard InChI is InChI=1S/C28H36N2O4/c1-3-33-27(31)23(28(32)34-4-2)18-29-15-16-30-24-14-13-20(19-9-6-5-7-10-19)17-22(24)21-11-8-12-25(29)26(21)30/h13-14,17-19,25H,3-12,15-16H2,1-2H3/t25-/m0/s1. The van der Waals surface area contributed by atoms with Crippen LogP contribution in [-0.2, 0) is 32.0 Å². The van der Waals surface area contributed by atoms with E-state index in [0.29, 0.717) is 5.92 Å². The number of fused-ring (bicyclic) bond motifs is 3. The lowest BCUT2D eigenvalue weighted by Gasteiger charge is -2.39. The van der Waals surface area contributed by atoms with Crippen molar-refractivity contribution in [3.63, 3.8) is 0 Å². The number of benzene rings is 1. The van der Waals surface area contributed by atoms with Crippen LogP contribution in [0.4, 0.5) is 0 Å². The summed E-state index contributed by atoms with van der Waals surface area (Å²) in [5, 5.41) is 1.41. The molecule has 6 heteroatoms. The average Bonchev–Trinajstić information content (AvgIpc) is 3.19. The molecule has 0 spiro atoms. The maximum absolute atomic E-state index is 12.6. The van der Waals surface area contributed by atoms with Crippen molar-refractivity contribution in [3.05, 3.63) is 46.8 Å². The van der Waals surface area contributed by atoms with Gasteiger partial charge in [0.05, 0.1) is 19.3 Å². The van der Waals surface area contributed by atoms with Crippen molar-refractivity contribution in [1.29, 1.82) is 0 Å². The molecule has 1 aromatic heterocycles. The molecule has 1 aliphatic heterocycles. The molecule has 0 radical (unpaired) electrons. The Hall–Kier alpha value is -2.76. The Morgan fingerprint density at radius 2 is 1.71 bits per heavy atom. The van der Waals surface area contributed by atoms with Gasteiger partial charge in [-0.1, -0.05) is 25.3 Å². The van der Waals surface area contributed by atoms with Crippen molar-refractivity contribution in [2.24, 2.45) is 0 Å². The summed E-state index contributed by atoms with van der Waals surface area (Å²) in [6.45, 7) is 5.51. The fraction of sp³-hybridized carbons (Fsp3) is 0.571. The number of ether oxygens (including phenoxy) is 2. The van der Waals surface area contributed by atoms with Gasteiger partial charge in [-0.05, 0) is 75.1 Å². The predicted octanol–water partition coefficient (Wildman–Crippen LogP) is 5.39. The number of hydrogen-bond acceptors (Lipinski definition) is 5. The van der Waals surface area contributed by atoms with Crippen LogP contribution in [-0.4, -0.2) is 41.2 Å². The summed E-state index contributed by atoms with van der Waals surface area (Å²) in [5.74, 6) is -0.529. The summed E-state index contributed by atoms with van der Waals surface area (Å²) in [4.78, 5) is 27.3. The minimum atomic E-state index is -0.611. The van der Waals surface area contributed by atoms with Gasteiger partial charge >= 0.3 is 11.9 Å². The Morgan fingerprint density at radius 3 is 2.41 bits per heavy atom. The summed E-state index contributed by atoms with van der Waals surface area (Å²) in [6.07, 6.45) is 11.6. The van der Waals surface area contributed by atoms with Crippen molar-refractivity contribution in [1.82, 2.24) is 9.47 Å². The van der Waals surface area contributed by atoms with Crippen LogP contribution in [0, 0.1) is 0 Å². The molecule has 5 rings (SSSR count).